The summed E-state index contributed by atoms with van der Waals surface area (Å²) in [5.74, 6) is -1.84. The number of carbonyl (C=O) groups excluding carboxylic acids is 1. The van der Waals surface area contributed by atoms with Gasteiger partial charge in [0.05, 0.1) is 0 Å². The van der Waals surface area contributed by atoms with Gasteiger partial charge < -0.3 is 4.74 Å². The fourth-order valence-electron chi connectivity index (χ4n) is 1.70. The summed E-state index contributed by atoms with van der Waals surface area (Å²) in [5, 5.41) is 0. The number of hydrogen-bond donors (Lipinski definition) is 0. The second-order valence-corrected chi connectivity index (χ2v) is 4.27. The number of halogens is 4. The molecule has 0 spiro atoms. The molecule has 0 fully saturated rings. The Hall–Kier alpha value is -2.63. The van der Waals surface area contributed by atoms with Crippen LogP contribution in [0.1, 0.15) is 15.9 Å². The fourth-order valence-corrected chi connectivity index (χ4v) is 1.70. The molecule has 6 heteroatoms. The number of rotatable bonds is 5. The van der Waals surface area contributed by atoms with E-state index >= 15 is 0 Å². The Balaban J connectivity index is 2.11. The van der Waals surface area contributed by atoms with E-state index in [0.717, 1.165) is 30.4 Å². The largest absolute Gasteiger partial charge is 0.435 e. The van der Waals surface area contributed by atoms with Gasteiger partial charge in [-0.2, -0.15) is 8.78 Å². The molecule has 0 saturated carbocycles. The van der Waals surface area contributed by atoms with Gasteiger partial charge in [-0.25, -0.2) is 8.78 Å². The summed E-state index contributed by atoms with van der Waals surface area (Å²) < 4.78 is 54.5. The van der Waals surface area contributed by atoms with Crippen LogP contribution in [0.3, 0.4) is 0 Å². The highest BCUT2D eigenvalue weighted by atomic mass is 19.3. The maximum absolute atomic E-state index is 13.4. The Labute approximate surface area is 123 Å². The van der Waals surface area contributed by atoms with Gasteiger partial charge in [-0.15, -0.1) is 0 Å². The summed E-state index contributed by atoms with van der Waals surface area (Å²) in [6.45, 7) is -2.95. The molecule has 0 bridgehead atoms. The first-order chi connectivity index (χ1) is 10.5. The van der Waals surface area contributed by atoms with E-state index in [2.05, 4.69) is 4.74 Å². The van der Waals surface area contributed by atoms with Gasteiger partial charge in [-0.05, 0) is 54.6 Å². The van der Waals surface area contributed by atoms with Gasteiger partial charge in [0.25, 0.3) is 0 Å². The quantitative estimate of drug-likeness (QED) is 0.463. The van der Waals surface area contributed by atoms with Crippen LogP contribution in [-0.4, -0.2) is 12.4 Å². The van der Waals surface area contributed by atoms with Crippen LogP contribution in [0.4, 0.5) is 17.6 Å². The van der Waals surface area contributed by atoms with Crippen molar-refractivity contribution in [3.63, 3.8) is 0 Å². The molecule has 0 saturated heterocycles. The SMILES string of the molecule is O=C(/C=C/c1cc(F)ccc1F)c1ccc(OC(F)F)cc1. The molecule has 114 valence electrons. The van der Waals surface area contributed by atoms with E-state index in [0.29, 0.717) is 0 Å². The third kappa shape index (κ3) is 4.18. The zero-order valence-corrected chi connectivity index (χ0v) is 11.1. The minimum Gasteiger partial charge on any atom is -0.435 e. The Kier molecular flexibility index (Phi) is 4.93. The highest BCUT2D eigenvalue weighted by Gasteiger charge is 2.07. The van der Waals surface area contributed by atoms with Crippen molar-refractivity contribution in [3.05, 3.63) is 71.3 Å². The predicted molar refractivity (Wildman–Crippen MR) is 72.8 cm³/mol. The van der Waals surface area contributed by atoms with Crippen LogP contribution >= 0.6 is 0 Å². The van der Waals surface area contributed by atoms with E-state index in [4.69, 9.17) is 0 Å². The lowest BCUT2D eigenvalue weighted by molar-refractivity contribution is -0.0498. The molecule has 0 N–H and O–H groups in total. The third-order valence-corrected chi connectivity index (χ3v) is 2.74. The van der Waals surface area contributed by atoms with Crippen molar-refractivity contribution in [1.29, 1.82) is 0 Å². The molecule has 0 aliphatic carbocycles. The van der Waals surface area contributed by atoms with Gasteiger partial charge in [0, 0.05) is 11.1 Å². The lowest BCUT2D eigenvalue weighted by Gasteiger charge is -2.04. The predicted octanol–water partition coefficient (Wildman–Crippen LogP) is 4.46. The van der Waals surface area contributed by atoms with E-state index in [1.54, 1.807) is 0 Å². The summed E-state index contributed by atoms with van der Waals surface area (Å²) >= 11 is 0. The van der Waals surface area contributed by atoms with Gasteiger partial charge in [-0.1, -0.05) is 0 Å². The molecule has 2 rings (SSSR count). The minimum atomic E-state index is -2.95. The molecule has 2 aromatic rings. The molecule has 0 amide bonds. The Morgan fingerprint density at radius 3 is 2.36 bits per heavy atom. The van der Waals surface area contributed by atoms with Crippen LogP contribution < -0.4 is 4.74 Å². The lowest BCUT2D eigenvalue weighted by atomic mass is 10.1. The molecule has 2 aromatic carbocycles. The van der Waals surface area contributed by atoms with Crippen LogP contribution in [0.15, 0.2) is 48.5 Å². The number of alkyl halides is 2. The first-order valence-corrected chi connectivity index (χ1v) is 6.18. The third-order valence-electron chi connectivity index (χ3n) is 2.74. The van der Waals surface area contributed by atoms with Crippen LogP contribution in [0.25, 0.3) is 6.08 Å². The zero-order valence-electron chi connectivity index (χ0n) is 11.1. The molecule has 22 heavy (non-hydrogen) atoms. The van der Waals surface area contributed by atoms with E-state index in [9.17, 15) is 22.4 Å². The Bertz CT molecular complexity index is 694. The van der Waals surface area contributed by atoms with Gasteiger partial charge in [-0.3, -0.25) is 4.79 Å². The summed E-state index contributed by atoms with van der Waals surface area (Å²) in [5.41, 5.74) is 0.140. The van der Waals surface area contributed by atoms with Crippen molar-refractivity contribution >= 4 is 11.9 Å². The van der Waals surface area contributed by atoms with Crippen molar-refractivity contribution < 1.29 is 27.1 Å². The van der Waals surface area contributed by atoms with Gasteiger partial charge in [0.2, 0.25) is 0 Å². The molecular formula is C16H10F4O2. The van der Waals surface area contributed by atoms with Crippen LogP contribution in [0.5, 0.6) is 5.75 Å². The zero-order chi connectivity index (χ0) is 16.1. The van der Waals surface area contributed by atoms with Gasteiger partial charge in [0.1, 0.15) is 17.4 Å². The topological polar surface area (TPSA) is 26.3 Å². The van der Waals surface area contributed by atoms with E-state index in [-0.39, 0.29) is 16.9 Å². The summed E-state index contributed by atoms with van der Waals surface area (Å²) in [4.78, 5) is 11.9. The number of ketones is 1. The van der Waals surface area contributed by atoms with Crippen molar-refractivity contribution in [2.45, 2.75) is 6.61 Å². The van der Waals surface area contributed by atoms with Crippen LogP contribution in [0, 0.1) is 11.6 Å². The lowest BCUT2D eigenvalue weighted by Crippen LogP contribution is -2.02. The highest BCUT2D eigenvalue weighted by Crippen LogP contribution is 2.16. The van der Waals surface area contributed by atoms with Crippen LogP contribution in [-0.2, 0) is 0 Å². The smallest absolute Gasteiger partial charge is 0.387 e. The van der Waals surface area contributed by atoms with Crippen molar-refractivity contribution in [2.75, 3.05) is 0 Å². The molecule has 0 aliphatic rings. The molecule has 0 aromatic heterocycles. The number of allylic oxidation sites excluding steroid dienone is 1. The minimum absolute atomic E-state index is 0.0639. The Morgan fingerprint density at radius 1 is 1.05 bits per heavy atom. The van der Waals surface area contributed by atoms with E-state index in [1.165, 1.54) is 24.3 Å². The van der Waals surface area contributed by atoms with Crippen molar-refractivity contribution in [2.24, 2.45) is 0 Å². The monoisotopic (exact) mass is 310 g/mol. The molecule has 0 aliphatic heterocycles. The molecular weight excluding hydrogens is 300 g/mol. The average Bonchev–Trinajstić information content (AvgIpc) is 2.48. The summed E-state index contributed by atoms with van der Waals surface area (Å²) in [7, 11) is 0. The summed E-state index contributed by atoms with van der Waals surface area (Å²) in [6.07, 6.45) is 2.21. The number of carbonyl (C=O) groups is 1. The normalized spacial score (nSPS) is 11.1. The molecule has 0 heterocycles. The van der Waals surface area contributed by atoms with E-state index in [1.807, 2.05) is 0 Å². The van der Waals surface area contributed by atoms with E-state index < -0.39 is 24.0 Å². The first-order valence-electron chi connectivity index (χ1n) is 6.18. The second-order valence-electron chi connectivity index (χ2n) is 4.27. The first kappa shape index (κ1) is 15.8. The second kappa shape index (κ2) is 6.89. The van der Waals surface area contributed by atoms with Gasteiger partial charge in [0.15, 0.2) is 5.78 Å². The standard InChI is InChI=1S/C16H10F4O2/c17-12-4-7-14(18)11(9-12)3-8-15(21)10-1-5-13(6-2-10)22-16(19)20/h1-9,16H/b8-3+. The maximum atomic E-state index is 13.4. The number of hydrogen-bond acceptors (Lipinski definition) is 2. The average molecular weight is 310 g/mol. The highest BCUT2D eigenvalue weighted by molar-refractivity contribution is 6.06. The van der Waals surface area contributed by atoms with Gasteiger partial charge >= 0.3 is 6.61 Å². The number of benzene rings is 2. The van der Waals surface area contributed by atoms with Crippen LogP contribution in [0.2, 0.25) is 0 Å². The summed E-state index contributed by atoms with van der Waals surface area (Å²) in [6, 6.07) is 7.91. The molecule has 0 unspecified atom stereocenters. The molecule has 0 atom stereocenters. The number of ether oxygens (including phenoxy) is 1. The fraction of sp³-hybridized carbons (Fsp3) is 0.0625. The molecule has 0 radical (unpaired) electrons. The molecule has 2 nitrogen and oxygen atoms in total. The van der Waals surface area contributed by atoms with Crippen molar-refractivity contribution in [3.8, 4) is 5.75 Å². The Morgan fingerprint density at radius 2 is 1.73 bits per heavy atom. The maximum Gasteiger partial charge on any atom is 0.387 e. The van der Waals surface area contributed by atoms with Crippen molar-refractivity contribution in [1.82, 2.24) is 0 Å².